The minimum Gasteiger partial charge on any atom is -0.469 e. The molecule has 0 aromatic rings. The number of fused-ring (bicyclic) bond motifs is 5. The van der Waals surface area contributed by atoms with Crippen molar-refractivity contribution in [3.8, 4) is 0 Å². The van der Waals surface area contributed by atoms with Gasteiger partial charge in [-0.3, -0.25) is 9.59 Å². The molecule has 4 saturated carbocycles. The van der Waals surface area contributed by atoms with E-state index in [1.165, 1.54) is 39.7 Å². The van der Waals surface area contributed by atoms with Crippen LogP contribution in [0.5, 0.6) is 0 Å². The number of ether oxygens (including phenoxy) is 2. The number of methoxy groups -OCH3 is 1. The van der Waals surface area contributed by atoms with E-state index in [0.29, 0.717) is 41.9 Å². The quantitative estimate of drug-likeness (QED) is 0.590. The third-order valence-electron chi connectivity index (χ3n) is 10.8. The second-order valence-corrected chi connectivity index (χ2v) is 12.1. The zero-order chi connectivity index (χ0) is 23.3. The second kappa shape index (κ2) is 8.92. The van der Waals surface area contributed by atoms with Crippen molar-refractivity contribution in [2.24, 2.45) is 46.3 Å². The summed E-state index contributed by atoms with van der Waals surface area (Å²) < 4.78 is 10.5. The van der Waals surface area contributed by atoms with Gasteiger partial charge >= 0.3 is 11.9 Å². The van der Waals surface area contributed by atoms with Crippen LogP contribution < -0.4 is 0 Å². The first-order chi connectivity index (χ1) is 15.1. The number of carbonyl (C=O) groups is 2. The average Bonchev–Trinajstić information content (AvgIpc) is 3.11. The van der Waals surface area contributed by atoms with Crippen LogP contribution in [0, 0.1) is 46.3 Å². The molecule has 4 fully saturated rings. The summed E-state index contributed by atoms with van der Waals surface area (Å²) >= 11 is 0. The Morgan fingerprint density at radius 3 is 2.50 bits per heavy atom. The van der Waals surface area contributed by atoms with Gasteiger partial charge in [0.25, 0.3) is 0 Å². The normalized spacial score (nSPS) is 46.4. The summed E-state index contributed by atoms with van der Waals surface area (Å²) in [5, 5.41) is 11.6. The molecule has 0 aromatic carbocycles. The molecule has 0 aromatic heterocycles. The summed E-state index contributed by atoms with van der Waals surface area (Å²) in [6.07, 6.45) is 9.92. The maximum Gasteiger partial charge on any atom is 0.305 e. The topological polar surface area (TPSA) is 72.8 Å². The van der Waals surface area contributed by atoms with Crippen LogP contribution in [-0.4, -0.2) is 36.4 Å². The lowest BCUT2D eigenvalue weighted by Crippen LogP contribution is -2.59. The number of rotatable bonds is 5. The molecule has 4 aliphatic carbocycles. The number of esters is 2. The van der Waals surface area contributed by atoms with Gasteiger partial charge in [0.2, 0.25) is 0 Å². The van der Waals surface area contributed by atoms with E-state index >= 15 is 0 Å². The van der Waals surface area contributed by atoms with Crippen molar-refractivity contribution in [1.29, 1.82) is 0 Å². The van der Waals surface area contributed by atoms with E-state index in [-0.39, 0.29) is 35.0 Å². The SMILES string of the molecule is COC(=O)CCC(C)[C@@H]1CC[C@@H]2[C@H]3CC[C@H]4C[C@@H](OC(C)=O)CC[C@@]4(C)[C@@H]3C[C@@H](O)[C@]21C. The van der Waals surface area contributed by atoms with Gasteiger partial charge < -0.3 is 14.6 Å². The van der Waals surface area contributed by atoms with Crippen molar-refractivity contribution in [1.82, 2.24) is 0 Å². The highest BCUT2D eigenvalue weighted by molar-refractivity contribution is 5.69. The van der Waals surface area contributed by atoms with Gasteiger partial charge in [-0.25, -0.2) is 0 Å². The molecule has 5 nitrogen and oxygen atoms in total. The number of carbonyl (C=O) groups excluding carboxylic acids is 2. The van der Waals surface area contributed by atoms with Crippen molar-refractivity contribution < 1.29 is 24.2 Å². The Balaban J connectivity index is 1.50. The van der Waals surface area contributed by atoms with Crippen LogP contribution in [0.3, 0.4) is 0 Å². The minimum atomic E-state index is -0.274. The Labute approximate surface area is 194 Å². The molecule has 4 rings (SSSR count). The molecule has 5 heteroatoms. The molecule has 4 aliphatic rings. The van der Waals surface area contributed by atoms with Gasteiger partial charge in [-0.2, -0.15) is 0 Å². The molecular formula is C27H44O5. The minimum absolute atomic E-state index is 0.0468. The maximum absolute atomic E-state index is 11.7. The summed E-state index contributed by atoms with van der Waals surface area (Å²) in [6.45, 7) is 8.62. The van der Waals surface area contributed by atoms with Crippen LogP contribution in [-0.2, 0) is 19.1 Å². The zero-order valence-electron chi connectivity index (χ0n) is 20.8. The third-order valence-corrected chi connectivity index (χ3v) is 10.8. The molecule has 182 valence electrons. The van der Waals surface area contributed by atoms with Gasteiger partial charge in [-0.15, -0.1) is 0 Å². The third kappa shape index (κ3) is 3.91. The van der Waals surface area contributed by atoms with E-state index in [4.69, 9.17) is 9.47 Å². The molecule has 1 N–H and O–H groups in total. The van der Waals surface area contributed by atoms with Crippen molar-refractivity contribution in [2.45, 2.75) is 104 Å². The first kappa shape index (κ1) is 24.0. The predicted molar refractivity (Wildman–Crippen MR) is 123 cm³/mol. The fourth-order valence-corrected chi connectivity index (χ4v) is 9.13. The van der Waals surface area contributed by atoms with E-state index in [1.807, 2.05) is 0 Å². The molecule has 0 bridgehead atoms. The van der Waals surface area contributed by atoms with Crippen molar-refractivity contribution in [3.05, 3.63) is 0 Å². The van der Waals surface area contributed by atoms with Gasteiger partial charge in [-0.05, 0) is 104 Å². The van der Waals surface area contributed by atoms with Crippen LogP contribution in [0.4, 0.5) is 0 Å². The molecule has 0 aliphatic heterocycles. The first-order valence-corrected chi connectivity index (χ1v) is 13.0. The Morgan fingerprint density at radius 1 is 1.06 bits per heavy atom. The van der Waals surface area contributed by atoms with Gasteiger partial charge in [0.1, 0.15) is 6.10 Å². The molecule has 1 unspecified atom stereocenters. The lowest BCUT2D eigenvalue weighted by molar-refractivity contribution is -0.181. The zero-order valence-corrected chi connectivity index (χ0v) is 20.8. The average molecular weight is 449 g/mol. The number of hydrogen-bond acceptors (Lipinski definition) is 5. The van der Waals surface area contributed by atoms with Crippen LogP contribution >= 0.6 is 0 Å². The smallest absolute Gasteiger partial charge is 0.305 e. The van der Waals surface area contributed by atoms with Crippen LogP contribution in [0.1, 0.15) is 91.9 Å². The Bertz CT molecular complexity index is 721. The highest BCUT2D eigenvalue weighted by Gasteiger charge is 2.63. The molecular weight excluding hydrogens is 404 g/mol. The van der Waals surface area contributed by atoms with Crippen molar-refractivity contribution in [2.75, 3.05) is 7.11 Å². The van der Waals surface area contributed by atoms with Crippen molar-refractivity contribution >= 4 is 11.9 Å². The predicted octanol–water partition coefficient (Wildman–Crippen LogP) is 5.14. The summed E-state index contributed by atoms with van der Waals surface area (Å²) in [7, 11) is 1.46. The number of aliphatic hydroxyl groups is 1. The summed E-state index contributed by atoms with van der Waals surface area (Å²) in [4.78, 5) is 23.2. The number of hydrogen-bond donors (Lipinski definition) is 1. The van der Waals surface area contributed by atoms with Crippen LogP contribution in [0.2, 0.25) is 0 Å². The highest BCUT2D eigenvalue weighted by atomic mass is 16.5. The van der Waals surface area contributed by atoms with Crippen LogP contribution in [0.15, 0.2) is 0 Å². The van der Waals surface area contributed by atoms with E-state index in [9.17, 15) is 14.7 Å². The lowest BCUT2D eigenvalue weighted by atomic mass is 9.43. The molecule has 0 radical (unpaired) electrons. The summed E-state index contributed by atoms with van der Waals surface area (Å²) in [6, 6.07) is 0. The Morgan fingerprint density at radius 2 is 1.81 bits per heavy atom. The molecule has 10 atom stereocenters. The van der Waals surface area contributed by atoms with Gasteiger partial charge in [0.15, 0.2) is 0 Å². The highest BCUT2D eigenvalue weighted by Crippen LogP contribution is 2.68. The standard InChI is InChI=1S/C27H44O5/c1-16(6-11-25(30)31-5)21-9-10-22-20-8-7-18-14-19(32-17(2)28)12-13-26(18,3)23(20)15-24(29)27(21,22)4/h16,18-24,29H,6-15H2,1-5H3/t16?,18-,19-,20+,21-,22+,23+,24+,26+,27-/m0/s1. The summed E-state index contributed by atoms with van der Waals surface area (Å²) in [5.41, 5.74) is 0.200. The lowest BCUT2D eigenvalue weighted by Gasteiger charge is -2.62. The monoisotopic (exact) mass is 448 g/mol. The molecule has 0 spiro atoms. The van der Waals surface area contributed by atoms with Gasteiger partial charge in [0, 0.05) is 13.3 Å². The Hall–Kier alpha value is -1.10. The van der Waals surface area contributed by atoms with Crippen molar-refractivity contribution in [3.63, 3.8) is 0 Å². The van der Waals surface area contributed by atoms with Crippen LogP contribution in [0.25, 0.3) is 0 Å². The van der Waals surface area contributed by atoms with E-state index < -0.39 is 0 Å². The summed E-state index contributed by atoms with van der Waals surface area (Å²) in [5.74, 6) is 3.02. The van der Waals surface area contributed by atoms with Gasteiger partial charge in [-0.1, -0.05) is 20.8 Å². The first-order valence-electron chi connectivity index (χ1n) is 13.0. The molecule has 0 heterocycles. The van der Waals surface area contributed by atoms with Gasteiger partial charge in [0.05, 0.1) is 13.2 Å². The fraction of sp³-hybridized carbons (Fsp3) is 0.926. The fourth-order valence-electron chi connectivity index (χ4n) is 9.13. The van der Waals surface area contributed by atoms with E-state index in [0.717, 1.165) is 32.1 Å². The van der Waals surface area contributed by atoms with E-state index in [1.54, 1.807) is 0 Å². The second-order valence-electron chi connectivity index (χ2n) is 12.1. The largest absolute Gasteiger partial charge is 0.469 e. The molecule has 0 amide bonds. The van der Waals surface area contributed by atoms with E-state index in [2.05, 4.69) is 20.8 Å². The number of aliphatic hydroxyl groups excluding tert-OH is 1. The Kier molecular flexibility index (Phi) is 6.70. The molecule has 0 saturated heterocycles. The molecule has 32 heavy (non-hydrogen) atoms. The maximum atomic E-state index is 11.7.